The Hall–Kier alpha value is -4.06. The summed E-state index contributed by atoms with van der Waals surface area (Å²) in [5.74, 6) is 0.236. The smallest absolute Gasteiger partial charge is 0.282 e. The van der Waals surface area contributed by atoms with Crippen molar-refractivity contribution >= 4 is 28.8 Å². The van der Waals surface area contributed by atoms with Crippen LogP contribution in [0.5, 0.6) is 11.5 Å². The molecule has 1 heterocycles. The second-order valence-electron chi connectivity index (χ2n) is 7.27. The third kappa shape index (κ3) is 3.83. The number of nitrogens with zero attached hydrogens (tertiary/aromatic N) is 1. The molecule has 0 aliphatic carbocycles. The van der Waals surface area contributed by atoms with Gasteiger partial charge in [0.25, 0.3) is 11.8 Å². The van der Waals surface area contributed by atoms with Crippen LogP contribution in [-0.2, 0) is 9.59 Å². The van der Waals surface area contributed by atoms with E-state index in [2.05, 4.69) is 5.32 Å². The van der Waals surface area contributed by atoms with Gasteiger partial charge in [0, 0.05) is 17.3 Å². The van der Waals surface area contributed by atoms with E-state index in [4.69, 9.17) is 9.47 Å². The summed E-state index contributed by atoms with van der Waals surface area (Å²) in [4.78, 5) is 28.4. The van der Waals surface area contributed by atoms with Crippen LogP contribution in [0, 0.1) is 6.92 Å². The topological polar surface area (TPSA) is 67.9 Å². The Morgan fingerprint density at radius 2 is 1.66 bits per heavy atom. The largest absolute Gasteiger partial charge is 0.496 e. The van der Waals surface area contributed by atoms with Crippen molar-refractivity contribution in [2.45, 2.75) is 13.8 Å². The van der Waals surface area contributed by atoms with Gasteiger partial charge in [0.2, 0.25) is 0 Å². The lowest BCUT2D eigenvalue weighted by atomic mass is 10.0. The summed E-state index contributed by atoms with van der Waals surface area (Å²) in [5.41, 5.74) is 3.17. The second-order valence-corrected chi connectivity index (χ2v) is 7.27. The predicted octanol–water partition coefficient (Wildman–Crippen LogP) is 4.80. The molecule has 0 fully saturated rings. The Bertz CT molecular complexity index is 1220. The summed E-state index contributed by atoms with van der Waals surface area (Å²) in [6, 6.07) is 21.7. The summed E-state index contributed by atoms with van der Waals surface area (Å²) in [5, 5.41) is 3.21. The molecule has 0 saturated heterocycles. The molecule has 3 aromatic rings. The van der Waals surface area contributed by atoms with E-state index >= 15 is 0 Å². The zero-order valence-electron chi connectivity index (χ0n) is 18.2. The van der Waals surface area contributed by atoms with Crippen molar-refractivity contribution in [2.24, 2.45) is 0 Å². The lowest BCUT2D eigenvalue weighted by Gasteiger charge is -2.17. The molecular formula is C26H24N2O4. The highest BCUT2D eigenvalue weighted by atomic mass is 16.5. The Balaban J connectivity index is 1.85. The first-order valence-electron chi connectivity index (χ1n) is 10.4. The highest BCUT2D eigenvalue weighted by molar-refractivity contribution is 6.46. The van der Waals surface area contributed by atoms with E-state index in [1.165, 1.54) is 4.90 Å². The molecule has 162 valence electrons. The molecule has 0 bridgehead atoms. The number of hydrogen-bond acceptors (Lipinski definition) is 5. The standard InChI is InChI=1S/C26H24N2O4/c1-4-32-19-12-9-11-18(16-19)28-25(29)23(20-13-6-8-15-22(20)31-3)24(26(28)30)27-21-14-7-5-10-17(21)2/h5-16,27H,4H2,1-3H3. The number of para-hydroxylation sites is 2. The molecule has 3 aromatic carbocycles. The van der Waals surface area contributed by atoms with Gasteiger partial charge in [-0.1, -0.05) is 42.5 Å². The minimum atomic E-state index is -0.437. The molecule has 1 aliphatic heterocycles. The number of hydrogen-bond donors (Lipinski definition) is 1. The summed E-state index contributed by atoms with van der Waals surface area (Å²) >= 11 is 0. The fourth-order valence-electron chi connectivity index (χ4n) is 3.71. The van der Waals surface area contributed by atoms with E-state index in [-0.39, 0.29) is 11.3 Å². The van der Waals surface area contributed by atoms with Crippen LogP contribution in [0.2, 0.25) is 0 Å². The highest BCUT2D eigenvalue weighted by Crippen LogP contribution is 2.38. The van der Waals surface area contributed by atoms with E-state index in [1.54, 1.807) is 43.5 Å². The monoisotopic (exact) mass is 428 g/mol. The van der Waals surface area contributed by atoms with Gasteiger partial charge < -0.3 is 14.8 Å². The Labute approximate surface area is 187 Å². The average Bonchev–Trinajstić information content (AvgIpc) is 3.05. The van der Waals surface area contributed by atoms with E-state index in [1.807, 2.05) is 50.2 Å². The van der Waals surface area contributed by atoms with Gasteiger partial charge in [0.15, 0.2) is 0 Å². The van der Waals surface area contributed by atoms with Crippen LogP contribution >= 0.6 is 0 Å². The fourth-order valence-corrected chi connectivity index (χ4v) is 3.71. The van der Waals surface area contributed by atoms with Gasteiger partial charge in [0.1, 0.15) is 17.2 Å². The number of anilines is 2. The van der Waals surface area contributed by atoms with Gasteiger partial charge in [-0.15, -0.1) is 0 Å². The van der Waals surface area contributed by atoms with Crippen LogP contribution in [0.3, 0.4) is 0 Å². The SMILES string of the molecule is CCOc1cccc(N2C(=O)C(Nc3ccccc3C)=C(c3ccccc3OC)C2=O)c1. The number of imide groups is 1. The first-order chi connectivity index (χ1) is 15.5. The molecule has 1 N–H and O–H groups in total. The van der Waals surface area contributed by atoms with Crippen molar-refractivity contribution in [1.29, 1.82) is 0 Å². The van der Waals surface area contributed by atoms with Gasteiger partial charge >= 0.3 is 0 Å². The van der Waals surface area contributed by atoms with Crippen molar-refractivity contribution in [3.05, 3.63) is 89.6 Å². The first kappa shape index (κ1) is 21.2. The number of carbonyl (C=O) groups excluding carboxylic acids is 2. The number of aryl methyl sites for hydroxylation is 1. The Morgan fingerprint density at radius 1 is 0.906 bits per heavy atom. The van der Waals surface area contributed by atoms with Gasteiger partial charge in [-0.05, 0) is 43.7 Å². The number of carbonyl (C=O) groups is 2. The molecule has 32 heavy (non-hydrogen) atoms. The van der Waals surface area contributed by atoms with Gasteiger partial charge in [-0.3, -0.25) is 9.59 Å². The fraction of sp³-hybridized carbons (Fsp3) is 0.154. The van der Waals surface area contributed by atoms with Crippen molar-refractivity contribution in [3.8, 4) is 11.5 Å². The van der Waals surface area contributed by atoms with E-state index in [9.17, 15) is 9.59 Å². The molecule has 0 spiro atoms. The van der Waals surface area contributed by atoms with Crippen LogP contribution in [0.15, 0.2) is 78.5 Å². The maximum atomic E-state index is 13.7. The van der Waals surface area contributed by atoms with Crippen molar-refractivity contribution in [2.75, 3.05) is 23.9 Å². The molecular weight excluding hydrogens is 404 g/mol. The first-order valence-corrected chi connectivity index (χ1v) is 10.4. The van der Waals surface area contributed by atoms with Gasteiger partial charge in [0.05, 0.1) is 25.0 Å². The van der Waals surface area contributed by atoms with E-state index in [0.717, 1.165) is 11.3 Å². The molecule has 0 unspecified atom stereocenters. The minimum absolute atomic E-state index is 0.204. The normalized spacial score (nSPS) is 13.5. The highest BCUT2D eigenvalue weighted by Gasteiger charge is 2.41. The Kier molecular flexibility index (Phi) is 5.94. The Morgan fingerprint density at radius 3 is 2.41 bits per heavy atom. The van der Waals surface area contributed by atoms with Gasteiger partial charge in [-0.25, -0.2) is 4.90 Å². The summed E-state index contributed by atoms with van der Waals surface area (Å²) in [7, 11) is 1.54. The van der Waals surface area contributed by atoms with Crippen LogP contribution < -0.4 is 19.7 Å². The molecule has 6 heteroatoms. The zero-order valence-corrected chi connectivity index (χ0v) is 18.2. The van der Waals surface area contributed by atoms with Crippen molar-refractivity contribution < 1.29 is 19.1 Å². The molecule has 2 amide bonds. The summed E-state index contributed by atoms with van der Waals surface area (Å²) in [6.45, 7) is 4.30. The summed E-state index contributed by atoms with van der Waals surface area (Å²) in [6.07, 6.45) is 0. The predicted molar refractivity (Wildman–Crippen MR) is 125 cm³/mol. The molecule has 0 radical (unpaired) electrons. The third-order valence-electron chi connectivity index (χ3n) is 5.25. The lowest BCUT2D eigenvalue weighted by molar-refractivity contribution is -0.120. The number of rotatable bonds is 7. The van der Waals surface area contributed by atoms with E-state index < -0.39 is 11.8 Å². The number of methoxy groups -OCH3 is 1. The minimum Gasteiger partial charge on any atom is -0.496 e. The molecule has 0 atom stereocenters. The second kappa shape index (κ2) is 8.98. The molecule has 0 aromatic heterocycles. The number of ether oxygens (including phenoxy) is 2. The maximum Gasteiger partial charge on any atom is 0.282 e. The van der Waals surface area contributed by atoms with Crippen molar-refractivity contribution in [1.82, 2.24) is 0 Å². The van der Waals surface area contributed by atoms with Crippen LogP contribution in [0.1, 0.15) is 18.1 Å². The molecule has 1 aliphatic rings. The number of benzene rings is 3. The number of nitrogens with one attached hydrogen (secondary N) is 1. The summed E-state index contributed by atoms with van der Waals surface area (Å²) < 4.78 is 11.1. The van der Waals surface area contributed by atoms with Crippen molar-refractivity contribution in [3.63, 3.8) is 0 Å². The van der Waals surface area contributed by atoms with E-state index in [0.29, 0.717) is 29.4 Å². The average molecular weight is 428 g/mol. The maximum absolute atomic E-state index is 13.7. The molecule has 4 rings (SSSR count). The molecule has 6 nitrogen and oxygen atoms in total. The lowest BCUT2D eigenvalue weighted by Crippen LogP contribution is -2.32. The molecule has 0 saturated carbocycles. The van der Waals surface area contributed by atoms with Crippen LogP contribution in [0.25, 0.3) is 5.57 Å². The third-order valence-corrected chi connectivity index (χ3v) is 5.25. The van der Waals surface area contributed by atoms with Crippen LogP contribution in [0.4, 0.5) is 11.4 Å². The number of amides is 2. The quantitative estimate of drug-likeness (QED) is 0.548. The van der Waals surface area contributed by atoms with Crippen LogP contribution in [-0.4, -0.2) is 25.5 Å². The van der Waals surface area contributed by atoms with Gasteiger partial charge in [-0.2, -0.15) is 0 Å². The zero-order chi connectivity index (χ0) is 22.7.